The molecule has 2 saturated carbocycles. The number of anilines is 1. The Morgan fingerprint density at radius 1 is 0.947 bits per heavy atom. The molecule has 1 unspecified atom stereocenters. The minimum atomic E-state index is -1.54. The Balaban J connectivity index is 0.000000509. The van der Waals surface area contributed by atoms with Gasteiger partial charge in [0.2, 0.25) is 6.41 Å². The zero-order chi connectivity index (χ0) is 56.8. The summed E-state index contributed by atoms with van der Waals surface area (Å²) in [5.41, 5.74) is 3.90. The Bertz CT molecular complexity index is 2060. The first-order valence-electron chi connectivity index (χ1n) is 26.6. The second kappa shape index (κ2) is 35.4. The van der Waals surface area contributed by atoms with Crippen molar-refractivity contribution in [1.29, 1.82) is 0 Å². The fourth-order valence-electron chi connectivity index (χ4n) is 7.79. The van der Waals surface area contributed by atoms with E-state index in [0.29, 0.717) is 30.2 Å². The van der Waals surface area contributed by atoms with Gasteiger partial charge < -0.3 is 54.8 Å². The number of carbonyl (C=O) groups excluding carboxylic acids is 4. The number of piperidine rings is 1. The molecule has 0 spiro atoms. The number of aldehydes is 1. The smallest absolute Gasteiger partial charge is 0.412 e. The monoisotopic (exact) mass is 1070 g/mol. The number of thiazole rings is 1. The quantitative estimate of drug-likeness (QED) is 0.0832. The molecule has 3 amide bonds. The van der Waals surface area contributed by atoms with E-state index in [1.807, 2.05) is 80.9 Å². The van der Waals surface area contributed by atoms with Gasteiger partial charge in [-0.3, -0.25) is 14.9 Å². The molecule has 2 aromatic carbocycles. The first-order chi connectivity index (χ1) is 35.7. The number of alkyl halides is 1. The number of hydrogen-bond donors (Lipinski definition) is 6. The lowest BCUT2D eigenvalue weighted by Crippen LogP contribution is -2.45. The van der Waals surface area contributed by atoms with Crippen LogP contribution in [0.1, 0.15) is 145 Å². The minimum Gasteiger partial charge on any atom is -0.494 e. The second-order valence-electron chi connectivity index (χ2n) is 20.8. The number of amides is 3. The lowest BCUT2D eigenvalue weighted by atomic mass is 9.83. The molecule has 2 aliphatic heterocycles. The van der Waals surface area contributed by atoms with Gasteiger partial charge in [0.05, 0.1) is 41.5 Å². The number of aromatic nitrogens is 1. The lowest BCUT2D eigenvalue weighted by molar-refractivity contribution is -0.128. The Morgan fingerprint density at radius 3 is 2.09 bits per heavy atom. The highest BCUT2D eigenvalue weighted by Gasteiger charge is 2.51. The molecule has 6 N–H and O–H groups in total. The first-order valence-corrected chi connectivity index (χ1v) is 27.5. The molecule has 0 radical (unpaired) electrons. The Hall–Kier alpha value is -4.88. The molecule has 2 atom stereocenters. The van der Waals surface area contributed by atoms with Crippen molar-refractivity contribution in [2.75, 3.05) is 59.9 Å². The van der Waals surface area contributed by atoms with Crippen molar-refractivity contribution >= 4 is 41.7 Å². The molecular formula is C57H95FN6O10S. The van der Waals surface area contributed by atoms with Gasteiger partial charge in [-0.1, -0.05) is 66.5 Å². The van der Waals surface area contributed by atoms with E-state index in [0.717, 1.165) is 108 Å². The minimum absolute atomic E-state index is 0.00762. The molecular weight excluding hydrogens is 980 g/mol. The molecule has 3 aromatic rings. The summed E-state index contributed by atoms with van der Waals surface area (Å²) in [5.74, 6) is 3.46. The fraction of sp³-hybridized carbons (Fsp3) is 0.667. The predicted octanol–water partition coefficient (Wildman–Crippen LogP) is 10.3. The number of halogens is 1. The van der Waals surface area contributed by atoms with Crippen LogP contribution >= 0.6 is 11.3 Å². The number of aliphatic hydroxyl groups is 2. The molecule has 2 saturated heterocycles. The summed E-state index contributed by atoms with van der Waals surface area (Å²) >= 11 is 1.69. The number of benzene rings is 2. The summed E-state index contributed by atoms with van der Waals surface area (Å²) in [7, 11) is 5.54. The number of aliphatic hydroxyl groups excluding tert-OH is 2. The maximum absolute atomic E-state index is 13.2. The van der Waals surface area contributed by atoms with E-state index < -0.39 is 23.3 Å². The number of carbonyl (C=O) groups is 4. The number of nitrogens with zero attached hydrogens (tertiary/aromatic N) is 2. The number of ether oxygens (including phenoxy) is 4. The second-order valence-corrected chi connectivity index (χ2v) is 21.7. The van der Waals surface area contributed by atoms with Gasteiger partial charge in [0.25, 0.3) is 5.91 Å². The summed E-state index contributed by atoms with van der Waals surface area (Å²) in [6.07, 6.45) is 11.1. The van der Waals surface area contributed by atoms with E-state index >= 15 is 0 Å². The Kier molecular flexibility index (Phi) is 32.2. The summed E-state index contributed by atoms with van der Waals surface area (Å²) < 4.78 is 36.1. The van der Waals surface area contributed by atoms with Crippen LogP contribution in [0, 0.1) is 24.2 Å². The van der Waals surface area contributed by atoms with E-state index in [9.17, 15) is 23.6 Å². The third-order valence-electron chi connectivity index (χ3n) is 12.8. The third kappa shape index (κ3) is 25.2. The molecule has 4 fully saturated rings. The largest absolute Gasteiger partial charge is 0.494 e. The predicted molar refractivity (Wildman–Crippen MR) is 301 cm³/mol. The van der Waals surface area contributed by atoms with Crippen LogP contribution in [0.3, 0.4) is 0 Å². The molecule has 2 aliphatic carbocycles. The van der Waals surface area contributed by atoms with E-state index in [4.69, 9.17) is 29.2 Å². The normalized spacial score (nSPS) is 18.8. The van der Waals surface area contributed by atoms with Gasteiger partial charge in [-0.15, -0.1) is 11.3 Å². The molecule has 0 bridgehead atoms. The maximum Gasteiger partial charge on any atom is 0.412 e. The number of aryl methyl sites for hydroxylation is 1. The molecule has 18 heteroatoms. The van der Waals surface area contributed by atoms with Crippen LogP contribution in [-0.4, -0.2) is 129 Å². The van der Waals surface area contributed by atoms with Crippen LogP contribution in [0.2, 0.25) is 0 Å². The number of nitrogens with one attached hydrogen (secondary N) is 4. The zero-order valence-corrected chi connectivity index (χ0v) is 48.8. The number of methoxy groups -OCH3 is 1. The van der Waals surface area contributed by atoms with Gasteiger partial charge in [0, 0.05) is 45.0 Å². The SMILES string of the molecule is CC.CC(NC(=O)C1(F)CC1)C(C)(C)C.CNCc1ccc(-c2scnc2C)cc1OCC1CCC(C)CC1.CO.CO.COc1cc(OC2CCNCC2)ccc1NC(=O)OC(C)(C)C.O=C[C@@H]1CCCN1C=O. The van der Waals surface area contributed by atoms with Gasteiger partial charge in [-0.2, -0.15) is 0 Å². The lowest BCUT2D eigenvalue weighted by Gasteiger charge is -2.28. The number of likely N-dealkylation sites (tertiary alicyclic amines) is 1. The highest BCUT2D eigenvalue weighted by molar-refractivity contribution is 7.13. The van der Waals surface area contributed by atoms with Crippen molar-refractivity contribution in [2.24, 2.45) is 17.3 Å². The topological polar surface area (TPSA) is 210 Å². The van der Waals surface area contributed by atoms with Crippen molar-refractivity contribution in [1.82, 2.24) is 25.8 Å². The van der Waals surface area contributed by atoms with Gasteiger partial charge in [0.1, 0.15) is 35.2 Å². The van der Waals surface area contributed by atoms with Crippen molar-refractivity contribution in [3.8, 4) is 27.7 Å². The van der Waals surface area contributed by atoms with E-state index in [1.165, 1.54) is 46.6 Å². The van der Waals surface area contributed by atoms with Crippen LogP contribution < -0.4 is 35.5 Å². The first kappa shape index (κ1) is 68.1. The summed E-state index contributed by atoms with van der Waals surface area (Å²) in [5, 5.41) is 26.0. The van der Waals surface area contributed by atoms with Gasteiger partial charge >= 0.3 is 6.09 Å². The number of rotatable bonds is 14. The maximum atomic E-state index is 13.2. The van der Waals surface area contributed by atoms with Crippen LogP contribution in [0.15, 0.2) is 41.9 Å². The highest BCUT2D eigenvalue weighted by Crippen LogP contribution is 2.40. The highest BCUT2D eigenvalue weighted by atomic mass is 32.1. The molecule has 3 heterocycles. The van der Waals surface area contributed by atoms with E-state index in [2.05, 4.69) is 58.3 Å². The van der Waals surface area contributed by atoms with E-state index in [-0.39, 0.29) is 23.6 Å². The van der Waals surface area contributed by atoms with Crippen LogP contribution in [0.5, 0.6) is 17.2 Å². The molecule has 7 rings (SSSR count). The molecule has 75 heavy (non-hydrogen) atoms. The van der Waals surface area contributed by atoms with Crippen LogP contribution in [0.25, 0.3) is 10.4 Å². The Labute approximate surface area is 453 Å². The van der Waals surface area contributed by atoms with Crippen molar-refractivity contribution in [3.63, 3.8) is 0 Å². The fourth-order valence-corrected chi connectivity index (χ4v) is 8.59. The molecule has 426 valence electrons. The van der Waals surface area contributed by atoms with Gasteiger partial charge in [-0.05, 0) is 147 Å². The average molecular weight is 1080 g/mol. The van der Waals surface area contributed by atoms with Gasteiger partial charge in [-0.25, -0.2) is 14.2 Å². The summed E-state index contributed by atoms with van der Waals surface area (Å²) in [6, 6.07) is 11.8. The zero-order valence-electron chi connectivity index (χ0n) is 48.0. The van der Waals surface area contributed by atoms with Crippen LogP contribution in [0.4, 0.5) is 14.9 Å². The molecule has 16 nitrogen and oxygen atoms in total. The van der Waals surface area contributed by atoms with Gasteiger partial charge in [0.15, 0.2) is 5.67 Å². The van der Waals surface area contributed by atoms with E-state index in [1.54, 1.807) is 30.6 Å². The standard InChI is InChI=1S/C20H28N2OS.C17H26N2O4.C10H18FNO.C6H9NO2.C2H6.2CH4O/c1-14-4-6-16(7-5-14)12-23-19-10-17(8-9-18(19)11-21-3)20-15(2)22-13-24-20;1-17(2,3)23-16(20)19-14-6-5-13(11-15(14)21-4)22-12-7-9-18-10-8-12;1-7(9(2,3)4)12-8(13)10(11)5-6-10;8-4-6-2-1-3-7(6)5-9;3*1-2/h8-10,13-14,16,21H,4-7,11-12H2,1-3H3;5-6,11-12,18H,7-10H2,1-4H3,(H,19,20);7H,5-6H2,1-4H3,(H,12,13);4-6H,1-3H2;1-2H3;2*2H,1H3/t;;;6-;;;/m...0.../s1. The summed E-state index contributed by atoms with van der Waals surface area (Å²) in [6.45, 7) is 26.2. The molecule has 4 aliphatic rings. The molecule has 1 aromatic heterocycles. The Morgan fingerprint density at radius 2 is 1.59 bits per heavy atom. The summed E-state index contributed by atoms with van der Waals surface area (Å²) in [4.78, 5) is 50.6. The number of hydrogen-bond acceptors (Lipinski definition) is 14. The average Bonchev–Trinajstić information content (AvgIpc) is 3.74. The third-order valence-corrected chi connectivity index (χ3v) is 13.8. The van der Waals surface area contributed by atoms with Crippen molar-refractivity contribution in [3.05, 3.63) is 53.2 Å². The van der Waals surface area contributed by atoms with Crippen molar-refractivity contribution < 1.29 is 52.7 Å². The van der Waals surface area contributed by atoms with Crippen LogP contribution in [-0.2, 0) is 25.7 Å². The van der Waals surface area contributed by atoms with Crippen molar-refractivity contribution in [2.45, 2.75) is 176 Å².